The van der Waals surface area contributed by atoms with Gasteiger partial charge in [-0.2, -0.15) is 0 Å². The molecule has 5 heteroatoms. The van der Waals surface area contributed by atoms with E-state index in [1.165, 1.54) is 0 Å². The third kappa shape index (κ3) is 6.16. The number of carbonyl (C=O) groups excluding carboxylic acids is 1. The van der Waals surface area contributed by atoms with Gasteiger partial charge >= 0.3 is 0 Å². The molecular formula is C19H24N2O2S. The van der Waals surface area contributed by atoms with Crippen LogP contribution in [-0.2, 0) is 21.3 Å². The number of rotatable bonds is 9. The van der Waals surface area contributed by atoms with Gasteiger partial charge in [-0.15, -0.1) is 0 Å². The largest absolute Gasteiger partial charge is 0.363 e. The van der Waals surface area contributed by atoms with E-state index < -0.39 is 10.8 Å². The number of amides is 1. The number of para-hydroxylation sites is 1. The van der Waals surface area contributed by atoms with Crippen molar-refractivity contribution in [2.45, 2.75) is 12.7 Å². The van der Waals surface area contributed by atoms with Crippen molar-refractivity contribution in [2.75, 3.05) is 30.3 Å². The van der Waals surface area contributed by atoms with E-state index in [0.29, 0.717) is 24.6 Å². The Morgan fingerprint density at radius 3 is 2.29 bits per heavy atom. The fourth-order valence-electron chi connectivity index (χ4n) is 2.39. The zero-order valence-corrected chi connectivity index (χ0v) is 14.8. The zero-order valence-electron chi connectivity index (χ0n) is 14.0. The molecule has 2 aromatic carbocycles. The summed E-state index contributed by atoms with van der Waals surface area (Å²) in [6, 6.07) is 19.6. The lowest BCUT2D eigenvalue weighted by molar-refractivity contribution is -0.119. The monoisotopic (exact) mass is 344 g/mol. The Bertz CT molecular complexity index is 647. The molecule has 1 atom stereocenters. The van der Waals surface area contributed by atoms with Crippen molar-refractivity contribution in [3.63, 3.8) is 0 Å². The number of likely N-dealkylation sites (N-methyl/N-ethyl adjacent to an activating group) is 1. The van der Waals surface area contributed by atoms with Gasteiger partial charge in [0.1, 0.15) is 0 Å². The molecule has 0 aliphatic carbocycles. The second-order valence-electron chi connectivity index (χ2n) is 5.47. The lowest BCUT2D eigenvalue weighted by atomic mass is 10.2. The van der Waals surface area contributed by atoms with E-state index in [1.54, 1.807) is 0 Å². The zero-order chi connectivity index (χ0) is 17.2. The fourth-order valence-corrected chi connectivity index (χ4v) is 3.43. The van der Waals surface area contributed by atoms with Gasteiger partial charge < -0.3 is 10.2 Å². The summed E-state index contributed by atoms with van der Waals surface area (Å²) in [5, 5.41) is 2.86. The molecule has 0 aliphatic heterocycles. The van der Waals surface area contributed by atoms with Gasteiger partial charge in [0.2, 0.25) is 5.91 Å². The number of nitrogens with zero attached hydrogens (tertiary/aromatic N) is 1. The molecule has 2 rings (SSSR count). The minimum absolute atomic E-state index is 0.0441. The van der Waals surface area contributed by atoms with Crippen LogP contribution in [0.15, 0.2) is 60.7 Å². The van der Waals surface area contributed by atoms with Gasteiger partial charge in [-0.05, 0) is 24.6 Å². The molecule has 0 spiro atoms. The quantitative estimate of drug-likeness (QED) is 0.761. The highest BCUT2D eigenvalue weighted by molar-refractivity contribution is 7.84. The first-order chi connectivity index (χ1) is 11.7. The first kappa shape index (κ1) is 18.2. The van der Waals surface area contributed by atoms with Crippen molar-refractivity contribution in [3.05, 3.63) is 66.2 Å². The minimum atomic E-state index is -0.966. The van der Waals surface area contributed by atoms with E-state index in [9.17, 15) is 9.00 Å². The number of nitrogens with one attached hydrogen (secondary N) is 1. The fraction of sp³-hybridized carbons (Fsp3) is 0.316. The number of benzene rings is 2. The third-order valence-corrected chi connectivity index (χ3v) is 4.97. The summed E-state index contributed by atoms with van der Waals surface area (Å²) >= 11 is 0. The molecule has 1 N–H and O–H groups in total. The van der Waals surface area contributed by atoms with Crippen LogP contribution in [0.3, 0.4) is 0 Å². The highest BCUT2D eigenvalue weighted by Crippen LogP contribution is 2.11. The molecule has 0 heterocycles. The maximum atomic E-state index is 12.1. The van der Waals surface area contributed by atoms with Crippen LogP contribution in [0.2, 0.25) is 0 Å². The second-order valence-corrected chi connectivity index (χ2v) is 7.05. The standard InChI is InChI=1S/C19H24N2O2S/c1-2-21(18-11-7-4-8-12-18)15-19(22)20-13-14-24(23)16-17-9-5-3-6-10-17/h3-12H,2,13-16H2,1H3,(H,20,22)/t24-/m0/s1. The van der Waals surface area contributed by atoms with E-state index >= 15 is 0 Å². The van der Waals surface area contributed by atoms with Crippen LogP contribution in [0, 0.1) is 0 Å². The number of anilines is 1. The first-order valence-electron chi connectivity index (χ1n) is 8.14. The van der Waals surface area contributed by atoms with Gasteiger partial charge in [-0.1, -0.05) is 48.5 Å². The molecule has 2 aromatic rings. The third-order valence-electron chi connectivity index (χ3n) is 3.66. The number of hydrogen-bond acceptors (Lipinski definition) is 3. The van der Waals surface area contributed by atoms with Gasteiger partial charge in [-0.3, -0.25) is 9.00 Å². The molecule has 128 valence electrons. The average Bonchev–Trinajstić information content (AvgIpc) is 2.61. The Morgan fingerprint density at radius 1 is 1.04 bits per heavy atom. The number of hydrogen-bond donors (Lipinski definition) is 1. The first-order valence-corrected chi connectivity index (χ1v) is 9.63. The molecule has 1 amide bonds. The van der Waals surface area contributed by atoms with Crippen LogP contribution in [0.4, 0.5) is 5.69 Å². The Kier molecular flexibility index (Phi) is 7.49. The predicted octanol–water partition coefficient (Wildman–Crippen LogP) is 2.58. The van der Waals surface area contributed by atoms with E-state index in [-0.39, 0.29) is 5.91 Å². The summed E-state index contributed by atoms with van der Waals surface area (Å²) in [5.41, 5.74) is 2.09. The van der Waals surface area contributed by atoms with Crippen molar-refractivity contribution in [1.29, 1.82) is 0 Å². The lowest BCUT2D eigenvalue weighted by Gasteiger charge is -2.22. The minimum Gasteiger partial charge on any atom is -0.363 e. The predicted molar refractivity (Wildman–Crippen MR) is 100 cm³/mol. The summed E-state index contributed by atoms with van der Waals surface area (Å²) in [6.45, 7) is 3.53. The molecular weight excluding hydrogens is 320 g/mol. The average molecular weight is 344 g/mol. The topological polar surface area (TPSA) is 49.4 Å². The number of carbonyl (C=O) groups is 1. The molecule has 24 heavy (non-hydrogen) atoms. The van der Waals surface area contributed by atoms with Crippen LogP contribution in [0.5, 0.6) is 0 Å². The van der Waals surface area contributed by atoms with Gasteiger partial charge in [0.25, 0.3) is 0 Å². The van der Waals surface area contributed by atoms with E-state index in [0.717, 1.165) is 17.8 Å². The van der Waals surface area contributed by atoms with Crippen molar-refractivity contribution in [1.82, 2.24) is 5.32 Å². The second kappa shape index (κ2) is 9.88. The maximum absolute atomic E-state index is 12.1. The van der Waals surface area contributed by atoms with Crippen LogP contribution in [-0.4, -0.2) is 35.5 Å². The summed E-state index contributed by atoms with van der Waals surface area (Å²) < 4.78 is 12.0. The molecule has 0 radical (unpaired) electrons. The lowest BCUT2D eigenvalue weighted by Crippen LogP contribution is -2.38. The van der Waals surface area contributed by atoms with Crippen molar-refractivity contribution in [2.24, 2.45) is 0 Å². The molecule has 0 unspecified atom stereocenters. The molecule has 0 aromatic heterocycles. The maximum Gasteiger partial charge on any atom is 0.239 e. The molecule has 0 bridgehead atoms. The smallest absolute Gasteiger partial charge is 0.239 e. The van der Waals surface area contributed by atoms with Crippen molar-refractivity contribution < 1.29 is 9.00 Å². The summed E-state index contributed by atoms with van der Waals surface area (Å²) in [7, 11) is -0.966. The van der Waals surface area contributed by atoms with Crippen LogP contribution in [0.25, 0.3) is 0 Å². The van der Waals surface area contributed by atoms with Crippen LogP contribution < -0.4 is 10.2 Å². The molecule has 0 saturated heterocycles. The summed E-state index contributed by atoms with van der Waals surface area (Å²) in [6.07, 6.45) is 0. The normalized spacial score (nSPS) is 11.7. The Morgan fingerprint density at radius 2 is 1.67 bits per heavy atom. The Balaban J connectivity index is 1.72. The highest BCUT2D eigenvalue weighted by atomic mass is 32.2. The molecule has 4 nitrogen and oxygen atoms in total. The summed E-state index contributed by atoms with van der Waals surface area (Å²) in [5.74, 6) is 0.956. The van der Waals surface area contributed by atoms with Crippen molar-refractivity contribution in [3.8, 4) is 0 Å². The Labute approximate surface area is 146 Å². The van der Waals surface area contributed by atoms with Crippen LogP contribution >= 0.6 is 0 Å². The van der Waals surface area contributed by atoms with Crippen LogP contribution in [0.1, 0.15) is 12.5 Å². The Hall–Kier alpha value is -2.14. The van der Waals surface area contributed by atoms with Gasteiger partial charge in [0, 0.05) is 41.1 Å². The van der Waals surface area contributed by atoms with Gasteiger partial charge in [0.05, 0.1) is 6.54 Å². The van der Waals surface area contributed by atoms with Crippen molar-refractivity contribution >= 4 is 22.4 Å². The SMILES string of the molecule is CCN(CC(=O)NCC[S@](=O)Cc1ccccc1)c1ccccc1. The molecule has 0 saturated carbocycles. The van der Waals surface area contributed by atoms with E-state index in [1.807, 2.05) is 72.5 Å². The highest BCUT2D eigenvalue weighted by Gasteiger charge is 2.10. The summed E-state index contributed by atoms with van der Waals surface area (Å²) in [4.78, 5) is 14.1. The molecule has 0 aliphatic rings. The van der Waals surface area contributed by atoms with Gasteiger partial charge in [0.15, 0.2) is 0 Å². The van der Waals surface area contributed by atoms with E-state index in [2.05, 4.69) is 5.32 Å². The van der Waals surface area contributed by atoms with E-state index in [4.69, 9.17) is 0 Å². The molecule has 0 fully saturated rings. The van der Waals surface area contributed by atoms with Gasteiger partial charge in [-0.25, -0.2) is 0 Å².